The maximum atomic E-state index is 2.44. The Morgan fingerprint density at radius 2 is 1.50 bits per heavy atom. The zero-order chi connectivity index (χ0) is 15.5. The minimum Gasteiger partial charge on any atom is -0.0887 e. The first-order valence-corrected chi connectivity index (χ1v) is 7.91. The zero-order valence-corrected chi connectivity index (χ0v) is 14.7. The second-order valence-corrected chi connectivity index (χ2v) is 6.45. The van der Waals surface area contributed by atoms with Gasteiger partial charge in [0.05, 0.1) is 0 Å². The van der Waals surface area contributed by atoms with Crippen LogP contribution in [0.3, 0.4) is 0 Å². The molecule has 20 heavy (non-hydrogen) atoms. The van der Waals surface area contributed by atoms with Gasteiger partial charge in [0.2, 0.25) is 0 Å². The lowest BCUT2D eigenvalue weighted by Gasteiger charge is -2.12. The van der Waals surface area contributed by atoms with Crippen molar-refractivity contribution in [3.63, 3.8) is 0 Å². The number of rotatable bonds is 8. The predicted molar refractivity (Wildman–Crippen MR) is 94.0 cm³/mol. The fourth-order valence-corrected chi connectivity index (χ4v) is 2.26. The summed E-state index contributed by atoms with van der Waals surface area (Å²) in [5.41, 5.74) is 5.86. The van der Waals surface area contributed by atoms with Gasteiger partial charge in [-0.3, -0.25) is 0 Å². The summed E-state index contributed by atoms with van der Waals surface area (Å²) in [4.78, 5) is 0. The van der Waals surface area contributed by atoms with Crippen LogP contribution in [0.4, 0.5) is 0 Å². The van der Waals surface area contributed by atoms with Gasteiger partial charge in [-0.25, -0.2) is 0 Å². The van der Waals surface area contributed by atoms with Gasteiger partial charge in [0, 0.05) is 0 Å². The molecule has 0 radical (unpaired) electrons. The molecule has 0 fully saturated rings. The fourth-order valence-electron chi connectivity index (χ4n) is 2.26. The van der Waals surface area contributed by atoms with E-state index in [1.54, 1.807) is 0 Å². The van der Waals surface area contributed by atoms with E-state index in [9.17, 15) is 0 Å². The number of allylic oxidation sites excluding steroid dienone is 8. The van der Waals surface area contributed by atoms with Gasteiger partial charge < -0.3 is 0 Å². The van der Waals surface area contributed by atoms with E-state index in [0.717, 1.165) is 6.42 Å². The van der Waals surface area contributed by atoms with Gasteiger partial charge in [0.15, 0.2) is 0 Å². The molecule has 114 valence electrons. The van der Waals surface area contributed by atoms with Gasteiger partial charge >= 0.3 is 0 Å². The van der Waals surface area contributed by atoms with Gasteiger partial charge in [-0.15, -0.1) is 0 Å². The highest BCUT2D eigenvalue weighted by Gasteiger charge is 2.05. The van der Waals surface area contributed by atoms with Crippen LogP contribution in [-0.4, -0.2) is 0 Å². The molecule has 0 aliphatic rings. The van der Waals surface area contributed by atoms with Crippen molar-refractivity contribution in [2.45, 2.75) is 74.1 Å². The van der Waals surface area contributed by atoms with Gasteiger partial charge in [0.25, 0.3) is 0 Å². The van der Waals surface area contributed by atoms with Crippen LogP contribution < -0.4 is 0 Å². The maximum absolute atomic E-state index is 2.44. The molecule has 0 heterocycles. The van der Waals surface area contributed by atoms with E-state index in [2.05, 4.69) is 72.8 Å². The average Bonchev–Trinajstić information content (AvgIpc) is 2.34. The third-order valence-corrected chi connectivity index (χ3v) is 3.51. The summed E-state index contributed by atoms with van der Waals surface area (Å²) in [6, 6.07) is 0. The van der Waals surface area contributed by atoms with Gasteiger partial charge in [-0.2, -0.15) is 0 Å². The van der Waals surface area contributed by atoms with Crippen LogP contribution in [-0.2, 0) is 0 Å². The van der Waals surface area contributed by atoms with Gasteiger partial charge in [-0.1, -0.05) is 46.6 Å². The van der Waals surface area contributed by atoms with Crippen LogP contribution in [0.5, 0.6) is 0 Å². The third kappa shape index (κ3) is 10.8. The molecule has 0 spiro atoms. The molecule has 0 aliphatic carbocycles. The van der Waals surface area contributed by atoms with Crippen LogP contribution >= 0.6 is 0 Å². The second-order valence-electron chi connectivity index (χ2n) is 6.45. The van der Waals surface area contributed by atoms with Crippen LogP contribution in [0.15, 0.2) is 46.6 Å². The lowest BCUT2D eigenvalue weighted by Crippen LogP contribution is -1.97. The van der Waals surface area contributed by atoms with Crippen LogP contribution in [0.2, 0.25) is 0 Å². The van der Waals surface area contributed by atoms with E-state index < -0.39 is 0 Å². The Morgan fingerprint density at radius 1 is 0.850 bits per heavy atom. The molecule has 0 aromatic heterocycles. The summed E-state index contributed by atoms with van der Waals surface area (Å²) in [6.07, 6.45) is 14.1. The van der Waals surface area contributed by atoms with E-state index in [1.165, 1.54) is 41.6 Å². The largest absolute Gasteiger partial charge is 0.0887 e. The molecule has 1 atom stereocenters. The average molecular weight is 274 g/mol. The summed E-state index contributed by atoms with van der Waals surface area (Å²) in [5.74, 6) is 0.648. The molecular weight excluding hydrogens is 240 g/mol. The molecule has 0 aliphatic heterocycles. The predicted octanol–water partition coefficient (Wildman–Crippen LogP) is 7.01. The fraction of sp³-hybridized carbons (Fsp3) is 0.600. The molecule has 0 aromatic rings. The van der Waals surface area contributed by atoms with E-state index in [-0.39, 0.29) is 0 Å². The van der Waals surface area contributed by atoms with Crippen LogP contribution in [0.25, 0.3) is 0 Å². The van der Waals surface area contributed by atoms with Crippen molar-refractivity contribution in [2.75, 3.05) is 0 Å². The topological polar surface area (TPSA) is 0 Å². The normalized spacial score (nSPS) is 13.9. The number of hydrogen-bond acceptors (Lipinski definition) is 0. The second kappa shape index (κ2) is 10.7. The van der Waals surface area contributed by atoms with Gasteiger partial charge in [0.1, 0.15) is 0 Å². The van der Waals surface area contributed by atoms with Crippen molar-refractivity contribution < 1.29 is 0 Å². The lowest BCUT2D eigenvalue weighted by molar-refractivity contribution is 0.645. The SMILES string of the molecule is C/C=C(\C)CC(C=C(C)C)C/C=C(\C)CCC=C(C)C. The van der Waals surface area contributed by atoms with Crippen molar-refractivity contribution in [2.24, 2.45) is 5.92 Å². The minimum absolute atomic E-state index is 0.648. The molecule has 0 nitrogen and oxygen atoms in total. The summed E-state index contributed by atoms with van der Waals surface area (Å²) in [6.45, 7) is 15.4. The highest BCUT2D eigenvalue weighted by atomic mass is 14.1. The Bertz CT molecular complexity index is 380. The van der Waals surface area contributed by atoms with E-state index in [0.29, 0.717) is 5.92 Å². The smallest absolute Gasteiger partial charge is 0.0159 e. The summed E-state index contributed by atoms with van der Waals surface area (Å²) >= 11 is 0. The monoisotopic (exact) mass is 274 g/mol. The molecular formula is C20H34. The van der Waals surface area contributed by atoms with E-state index in [1.807, 2.05) is 0 Å². The van der Waals surface area contributed by atoms with Crippen molar-refractivity contribution >= 4 is 0 Å². The highest BCUT2D eigenvalue weighted by Crippen LogP contribution is 2.20. The molecule has 0 saturated carbocycles. The van der Waals surface area contributed by atoms with Crippen LogP contribution in [0.1, 0.15) is 74.1 Å². The Hall–Kier alpha value is -1.04. The number of hydrogen-bond donors (Lipinski definition) is 0. The molecule has 0 heteroatoms. The first-order valence-electron chi connectivity index (χ1n) is 7.91. The van der Waals surface area contributed by atoms with Crippen molar-refractivity contribution in [3.8, 4) is 0 Å². The Kier molecular flexibility index (Phi) is 10.2. The standard InChI is InChI=1S/C20H34/c1-8-18(6)15-20(14-17(4)5)13-12-19(7)11-9-10-16(2)3/h8,10,12,14,20H,9,11,13,15H2,1-7H3/b18-8+,19-12+. The van der Waals surface area contributed by atoms with E-state index in [4.69, 9.17) is 0 Å². The third-order valence-electron chi connectivity index (χ3n) is 3.51. The van der Waals surface area contributed by atoms with Crippen LogP contribution in [0, 0.1) is 5.92 Å². The Labute approximate surface area is 127 Å². The van der Waals surface area contributed by atoms with Crippen molar-refractivity contribution in [1.29, 1.82) is 0 Å². The molecule has 0 bridgehead atoms. The Morgan fingerprint density at radius 3 is 2.00 bits per heavy atom. The molecule has 1 unspecified atom stereocenters. The summed E-state index contributed by atoms with van der Waals surface area (Å²) in [5, 5.41) is 0. The first kappa shape index (κ1) is 19.0. The van der Waals surface area contributed by atoms with E-state index >= 15 is 0 Å². The zero-order valence-electron chi connectivity index (χ0n) is 14.7. The summed E-state index contributed by atoms with van der Waals surface area (Å²) < 4.78 is 0. The Balaban J connectivity index is 4.50. The highest BCUT2D eigenvalue weighted by molar-refractivity contribution is 5.09. The van der Waals surface area contributed by atoms with Gasteiger partial charge in [-0.05, 0) is 80.1 Å². The summed E-state index contributed by atoms with van der Waals surface area (Å²) in [7, 11) is 0. The maximum Gasteiger partial charge on any atom is -0.0159 e. The lowest BCUT2D eigenvalue weighted by atomic mass is 9.93. The minimum atomic E-state index is 0.648. The first-order chi connectivity index (χ1) is 9.35. The molecule has 0 aromatic carbocycles. The molecule has 0 saturated heterocycles. The van der Waals surface area contributed by atoms with Crippen molar-refractivity contribution in [3.05, 3.63) is 46.6 Å². The molecule has 0 amide bonds. The van der Waals surface area contributed by atoms with Crippen molar-refractivity contribution in [1.82, 2.24) is 0 Å². The quantitative estimate of drug-likeness (QED) is 0.418. The molecule has 0 N–H and O–H groups in total. The molecule has 0 rings (SSSR count).